The highest BCUT2D eigenvalue weighted by atomic mass is 16.5. The Morgan fingerprint density at radius 2 is 2.06 bits per heavy atom. The number of nitrogens with one attached hydrogen (secondary N) is 2. The van der Waals surface area contributed by atoms with Crippen LogP contribution < -0.4 is 11.2 Å². The van der Waals surface area contributed by atoms with E-state index in [9.17, 15) is 9.59 Å². The zero-order chi connectivity index (χ0) is 14.6. The van der Waals surface area contributed by atoms with Crippen LogP contribution in [0.25, 0.3) is 0 Å². The van der Waals surface area contributed by atoms with Crippen molar-refractivity contribution in [1.82, 2.24) is 10.4 Å². The predicted molar refractivity (Wildman–Crippen MR) is 66.3 cm³/mol. The van der Waals surface area contributed by atoms with Crippen molar-refractivity contribution in [3.05, 3.63) is 0 Å². The van der Waals surface area contributed by atoms with Gasteiger partial charge in [-0.15, -0.1) is 0 Å². The summed E-state index contributed by atoms with van der Waals surface area (Å²) in [6, 6.07) is 2.03. The Kier molecular flexibility index (Phi) is 12.1. The van der Waals surface area contributed by atoms with Gasteiger partial charge in [0.2, 0.25) is 11.8 Å². The van der Waals surface area contributed by atoms with Crippen molar-refractivity contribution in [3.63, 3.8) is 0 Å². The zero-order valence-corrected chi connectivity index (χ0v) is 10.9. The molecule has 0 aliphatic carbocycles. The highest BCUT2D eigenvalue weighted by Crippen LogP contribution is 1.97. The fraction of sp³-hybridized carbons (Fsp3) is 0.700. The average Bonchev–Trinajstić information content (AvgIpc) is 2.33. The predicted octanol–water partition coefficient (Wildman–Crippen LogP) is -0.206. The van der Waals surface area contributed by atoms with Gasteiger partial charge < -0.3 is 5.73 Å². The van der Waals surface area contributed by atoms with E-state index in [1.165, 1.54) is 5.48 Å². The molecule has 0 rings (SSSR count). The van der Waals surface area contributed by atoms with Crippen molar-refractivity contribution in [1.29, 1.82) is 5.41 Å². The maximum absolute atomic E-state index is 10.1. The maximum atomic E-state index is 10.1. The van der Waals surface area contributed by atoms with E-state index in [2.05, 4.69) is 4.99 Å². The Bertz CT molecular complexity index is 300. The molecule has 8 heteroatoms. The van der Waals surface area contributed by atoms with Gasteiger partial charge in [-0.25, -0.2) is 15.9 Å². The Labute approximate surface area is 106 Å². The van der Waals surface area contributed by atoms with Crippen molar-refractivity contribution < 1.29 is 14.8 Å². The van der Waals surface area contributed by atoms with Crippen LogP contribution in [0.4, 0.5) is 0 Å². The average molecular weight is 259 g/mol. The van der Waals surface area contributed by atoms with E-state index in [1.807, 2.05) is 31.9 Å². The molecule has 8 nitrogen and oxygen atoms in total. The molecule has 1 atom stereocenters. The number of rotatable bonds is 6. The van der Waals surface area contributed by atoms with Gasteiger partial charge in [-0.05, 0) is 20.5 Å². The normalized spacial score (nSPS) is 10.7. The van der Waals surface area contributed by atoms with E-state index in [0.717, 1.165) is 6.42 Å². The van der Waals surface area contributed by atoms with Crippen LogP contribution in [0.15, 0.2) is 4.99 Å². The Morgan fingerprint density at radius 3 is 2.28 bits per heavy atom. The molecule has 0 radical (unpaired) electrons. The Balaban J connectivity index is 0. The second kappa shape index (κ2) is 11.7. The van der Waals surface area contributed by atoms with Crippen molar-refractivity contribution in [3.8, 4) is 0 Å². The molecule has 0 saturated carbocycles. The first-order chi connectivity index (χ1) is 8.38. The number of nitrogens with zero attached hydrogens (tertiary/aromatic N) is 2. The van der Waals surface area contributed by atoms with E-state index in [4.69, 9.17) is 16.4 Å². The van der Waals surface area contributed by atoms with E-state index < -0.39 is 11.8 Å². The number of aliphatic imine (C=N–C) groups is 1. The minimum atomic E-state index is -0.603. The molecule has 0 aliphatic heterocycles. The lowest BCUT2D eigenvalue weighted by Gasteiger charge is -2.15. The third-order valence-electron chi connectivity index (χ3n) is 1.90. The minimum Gasteiger partial charge on any atom is -0.370 e. The molecule has 0 aliphatic rings. The molecule has 18 heavy (non-hydrogen) atoms. The van der Waals surface area contributed by atoms with E-state index >= 15 is 0 Å². The summed E-state index contributed by atoms with van der Waals surface area (Å²) in [5.41, 5.74) is 6.07. The third-order valence-corrected chi connectivity index (χ3v) is 1.90. The van der Waals surface area contributed by atoms with Crippen molar-refractivity contribution in [2.24, 2.45) is 10.7 Å². The van der Waals surface area contributed by atoms with Crippen molar-refractivity contribution in [2.75, 3.05) is 14.1 Å². The molecule has 0 aromatic heterocycles. The van der Waals surface area contributed by atoms with Crippen molar-refractivity contribution in [2.45, 2.75) is 32.4 Å². The Hall–Kier alpha value is -1.76. The standard InChI is InChI=1S/C6H13N3.C4H8N2O3/c1-4-6(8-5-7)9(2)3;5-3(7)1-2-4(8)6-9/h6-7H,4H2,1-3H3;9H,1-2H2,(H2,5,7)(H,6,8). The smallest absolute Gasteiger partial charge is 0.243 e. The van der Waals surface area contributed by atoms with Gasteiger partial charge in [0, 0.05) is 12.8 Å². The first-order valence-corrected chi connectivity index (χ1v) is 5.38. The first-order valence-electron chi connectivity index (χ1n) is 5.38. The molecule has 0 aromatic carbocycles. The second-order valence-corrected chi connectivity index (χ2v) is 3.59. The Morgan fingerprint density at radius 1 is 1.50 bits per heavy atom. The number of hydroxylamine groups is 1. The first kappa shape index (κ1) is 18.6. The van der Waals surface area contributed by atoms with Crippen LogP contribution in [0.2, 0.25) is 0 Å². The van der Waals surface area contributed by atoms with Gasteiger partial charge in [0.05, 0.1) is 6.01 Å². The fourth-order valence-electron chi connectivity index (χ4n) is 0.939. The highest BCUT2D eigenvalue weighted by molar-refractivity contribution is 5.82. The molecule has 0 aromatic rings. The number of primary amides is 1. The van der Waals surface area contributed by atoms with E-state index in [-0.39, 0.29) is 19.0 Å². The van der Waals surface area contributed by atoms with Gasteiger partial charge in [0.15, 0.2) is 0 Å². The number of carbonyl (C=O) groups excluding carboxylic acids is 2. The summed E-state index contributed by atoms with van der Waals surface area (Å²) >= 11 is 0. The number of hydrogen-bond donors (Lipinski definition) is 4. The second-order valence-electron chi connectivity index (χ2n) is 3.59. The zero-order valence-electron chi connectivity index (χ0n) is 10.9. The summed E-state index contributed by atoms with van der Waals surface area (Å²) < 4.78 is 0. The summed E-state index contributed by atoms with van der Waals surface area (Å²) in [6.07, 6.45) is 0.958. The highest BCUT2D eigenvalue weighted by Gasteiger charge is 2.03. The topological polar surface area (TPSA) is 132 Å². The lowest BCUT2D eigenvalue weighted by molar-refractivity contribution is -0.131. The number of amides is 2. The molecule has 1 unspecified atom stereocenters. The fourth-order valence-corrected chi connectivity index (χ4v) is 0.939. The van der Waals surface area contributed by atoms with Gasteiger partial charge in [-0.2, -0.15) is 0 Å². The summed E-state index contributed by atoms with van der Waals surface area (Å²) in [4.78, 5) is 25.9. The molecule has 0 heterocycles. The lowest BCUT2D eigenvalue weighted by Crippen LogP contribution is -2.24. The van der Waals surface area contributed by atoms with Crippen LogP contribution in [0.3, 0.4) is 0 Å². The van der Waals surface area contributed by atoms with Crippen LogP contribution in [0.5, 0.6) is 0 Å². The number of nitrogens with two attached hydrogens (primary N) is 1. The van der Waals surface area contributed by atoms with Crippen LogP contribution in [-0.2, 0) is 9.59 Å². The molecule has 5 N–H and O–H groups in total. The summed E-state index contributed by atoms with van der Waals surface area (Å²) in [7, 11) is 3.88. The third kappa shape index (κ3) is 12.3. The molecule has 0 spiro atoms. The van der Waals surface area contributed by atoms with Gasteiger partial charge in [-0.1, -0.05) is 6.92 Å². The SMILES string of the molecule is CCC(N=C=N)N(C)C.NC(=O)CCC(=O)NO. The maximum Gasteiger partial charge on any atom is 0.243 e. The summed E-state index contributed by atoms with van der Waals surface area (Å²) in [5, 5.41) is 14.5. The molecular weight excluding hydrogens is 238 g/mol. The molecule has 0 fully saturated rings. The van der Waals surface area contributed by atoms with Gasteiger partial charge in [0.25, 0.3) is 0 Å². The largest absolute Gasteiger partial charge is 0.370 e. The van der Waals surface area contributed by atoms with Crippen molar-refractivity contribution >= 4 is 17.8 Å². The van der Waals surface area contributed by atoms with Crippen LogP contribution in [-0.4, -0.2) is 48.2 Å². The van der Waals surface area contributed by atoms with Crippen LogP contribution >= 0.6 is 0 Å². The van der Waals surface area contributed by atoms with Gasteiger partial charge in [-0.3, -0.25) is 19.7 Å². The van der Waals surface area contributed by atoms with Gasteiger partial charge >= 0.3 is 0 Å². The summed E-state index contributed by atoms with van der Waals surface area (Å²) in [6.45, 7) is 2.03. The molecule has 2 amide bonds. The molecule has 104 valence electrons. The van der Waals surface area contributed by atoms with Gasteiger partial charge in [0.1, 0.15) is 6.17 Å². The molecule has 0 saturated heterocycles. The van der Waals surface area contributed by atoms with E-state index in [0.29, 0.717) is 0 Å². The lowest BCUT2D eigenvalue weighted by atomic mass is 10.3. The van der Waals surface area contributed by atoms with Crippen LogP contribution in [0, 0.1) is 5.41 Å². The monoisotopic (exact) mass is 259 g/mol. The number of carbonyl (C=O) groups is 2. The quantitative estimate of drug-likeness (QED) is 0.298. The number of hydrogen-bond acceptors (Lipinski definition) is 6. The van der Waals surface area contributed by atoms with Crippen LogP contribution in [0.1, 0.15) is 26.2 Å². The van der Waals surface area contributed by atoms with E-state index in [1.54, 1.807) is 0 Å². The molecule has 0 bridgehead atoms. The minimum absolute atomic E-state index is 0.0353. The molecular formula is C10H21N5O3. The summed E-state index contributed by atoms with van der Waals surface area (Å²) in [5.74, 6) is -1.16.